The standard InChI is InChI=1S/C22H21NO3S/c24-22(17-14-27-21-7-2-1-5-16(17)21)23-10-3-6-18(23)15-8-9-19-20(13-15)26-12-4-11-25-19/h1-2,5,7-9,13-14,18H,3-4,6,10-12H2. The molecule has 0 saturated carbocycles. The fourth-order valence-electron chi connectivity index (χ4n) is 4.04. The summed E-state index contributed by atoms with van der Waals surface area (Å²) in [4.78, 5) is 15.3. The van der Waals surface area contributed by atoms with Gasteiger partial charge in [-0.1, -0.05) is 24.3 Å². The number of hydrogen-bond donors (Lipinski definition) is 0. The van der Waals surface area contributed by atoms with E-state index in [1.165, 1.54) is 0 Å². The summed E-state index contributed by atoms with van der Waals surface area (Å²) in [7, 11) is 0. The number of fused-ring (bicyclic) bond motifs is 2. The highest BCUT2D eigenvalue weighted by atomic mass is 32.1. The van der Waals surface area contributed by atoms with Crippen molar-refractivity contribution in [2.75, 3.05) is 19.8 Å². The molecule has 2 aromatic carbocycles. The molecular formula is C22H21NO3S. The number of amides is 1. The predicted octanol–water partition coefficient (Wildman–Crippen LogP) is 5.04. The molecule has 0 N–H and O–H groups in total. The number of ether oxygens (including phenoxy) is 2. The minimum Gasteiger partial charge on any atom is -0.490 e. The second-order valence-electron chi connectivity index (χ2n) is 7.06. The SMILES string of the molecule is O=C(c1csc2ccccc12)N1CCCC1c1ccc2c(c1)OCCCO2. The maximum atomic E-state index is 13.3. The van der Waals surface area contributed by atoms with Crippen LogP contribution in [0.25, 0.3) is 10.1 Å². The molecule has 1 amide bonds. The predicted molar refractivity (Wildman–Crippen MR) is 107 cm³/mol. The Bertz CT molecular complexity index is 996. The number of carbonyl (C=O) groups is 1. The van der Waals surface area contributed by atoms with Crippen LogP contribution in [0.5, 0.6) is 11.5 Å². The Hall–Kier alpha value is -2.53. The largest absolute Gasteiger partial charge is 0.490 e. The third-order valence-electron chi connectivity index (χ3n) is 5.38. The van der Waals surface area contributed by atoms with E-state index >= 15 is 0 Å². The Morgan fingerprint density at radius 2 is 1.89 bits per heavy atom. The van der Waals surface area contributed by atoms with Gasteiger partial charge in [0.15, 0.2) is 11.5 Å². The summed E-state index contributed by atoms with van der Waals surface area (Å²) in [6.07, 6.45) is 2.89. The molecular weight excluding hydrogens is 358 g/mol. The molecule has 0 radical (unpaired) electrons. The van der Waals surface area contributed by atoms with Crippen molar-refractivity contribution >= 4 is 27.3 Å². The number of rotatable bonds is 2. The van der Waals surface area contributed by atoms with Crippen molar-refractivity contribution in [3.05, 3.63) is 59.0 Å². The molecule has 138 valence electrons. The van der Waals surface area contributed by atoms with Crippen LogP contribution < -0.4 is 9.47 Å². The lowest BCUT2D eigenvalue weighted by molar-refractivity contribution is 0.0738. The molecule has 1 fully saturated rings. The first-order chi connectivity index (χ1) is 13.3. The van der Waals surface area contributed by atoms with Gasteiger partial charge in [0.2, 0.25) is 0 Å². The van der Waals surface area contributed by atoms with Crippen LogP contribution in [0.15, 0.2) is 47.8 Å². The fraction of sp³-hybridized carbons (Fsp3) is 0.318. The van der Waals surface area contributed by atoms with Crippen molar-refractivity contribution in [2.45, 2.75) is 25.3 Å². The van der Waals surface area contributed by atoms with Crippen LogP contribution in [0.4, 0.5) is 0 Å². The second kappa shape index (κ2) is 6.89. The summed E-state index contributed by atoms with van der Waals surface area (Å²) >= 11 is 1.63. The molecule has 0 spiro atoms. The van der Waals surface area contributed by atoms with Gasteiger partial charge in [-0.05, 0) is 36.6 Å². The molecule has 1 unspecified atom stereocenters. The van der Waals surface area contributed by atoms with E-state index in [0.29, 0.717) is 13.2 Å². The van der Waals surface area contributed by atoms with E-state index in [1.807, 2.05) is 34.5 Å². The van der Waals surface area contributed by atoms with Crippen molar-refractivity contribution in [1.82, 2.24) is 4.90 Å². The average Bonchev–Trinajstić information content (AvgIpc) is 3.29. The van der Waals surface area contributed by atoms with Crippen LogP contribution in [0.1, 0.15) is 41.2 Å². The average molecular weight is 379 g/mol. The van der Waals surface area contributed by atoms with Gasteiger partial charge >= 0.3 is 0 Å². The molecule has 2 aliphatic rings. The molecule has 0 bridgehead atoms. The number of likely N-dealkylation sites (tertiary alicyclic amines) is 1. The lowest BCUT2D eigenvalue weighted by Gasteiger charge is -2.25. The molecule has 1 aromatic heterocycles. The Kier molecular flexibility index (Phi) is 4.24. The zero-order valence-corrected chi connectivity index (χ0v) is 15.8. The highest BCUT2D eigenvalue weighted by Gasteiger charge is 2.32. The quantitative estimate of drug-likeness (QED) is 0.626. The van der Waals surface area contributed by atoms with Crippen LogP contribution in [0, 0.1) is 0 Å². The number of thiophene rings is 1. The third-order valence-corrected chi connectivity index (χ3v) is 6.34. The van der Waals surface area contributed by atoms with E-state index in [2.05, 4.69) is 18.2 Å². The lowest BCUT2D eigenvalue weighted by atomic mass is 10.0. The van der Waals surface area contributed by atoms with Gasteiger partial charge in [0.25, 0.3) is 5.91 Å². The van der Waals surface area contributed by atoms with Gasteiger partial charge in [-0.15, -0.1) is 11.3 Å². The number of carbonyl (C=O) groups excluding carboxylic acids is 1. The summed E-state index contributed by atoms with van der Waals surface area (Å²) in [6, 6.07) is 14.3. The molecule has 27 heavy (non-hydrogen) atoms. The minimum absolute atomic E-state index is 0.0910. The lowest BCUT2D eigenvalue weighted by Crippen LogP contribution is -2.30. The second-order valence-corrected chi connectivity index (χ2v) is 7.97. The Labute approximate surface area is 162 Å². The van der Waals surface area contributed by atoms with Crippen molar-refractivity contribution in [1.29, 1.82) is 0 Å². The first kappa shape index (κ1) is 16.6. The van der Waals surface area contributed by atoms with Gasteiger partial charge in [-0.2, -0.15) is 0 Å². The molecule has 5 rings (SSSR count). The maximum absolute atomic E-state index is 13.3. The summed E-state index contributed by atoms with van der Waals surface area (Å²) in [5, 5.41) is 3.05. The van der Waals surface area contributed by atoms with Gasteiger partial charge in [-0.25, -0.2) is 0 Å². The van der Waals surface area contributed by atoms with E-state index in [9.17, 15) is 4.79 Å². The van der Waals surface area contributed by atoms with Crippen molar-refractivity contribution < 1.29 is 14.3 Å². The number of hydrogen-bond acceptors (Lipinski definition) is 4. The molecule has 3 aromatic rings. The van der Waals surface area contributed by atoms with E-state index in [4.69, 9.17) is 9.47 Å². The Morgan fingerprint density at radius 3 is 2.81 bits per heavy atom. The fourth-order valence-corrected chi connectivity index (χ4v) is 4.98. The van der Waals surface area contributed by atoms with Crippen molar-refractivity contribution in [2.24, 2.45) is 0 Å². The van der Waals surface area contributed by atoms with Crippen LogP contribution in [-0.4, -0.2) is 30.6 Å². The molecule has 5 heteroatoms. The molecule has 2 aliphatic heterocycles. The van der Waals surface area contributed by atoms with Crippen molar-refractivity contribution in [3.63, 3.8) is 0 Å². The summed E-state index contributed by atoms with van der Waals surface area (Å²) in [5.41, 5.74) is 1.95. The Balaban J connectivity index is 1.47. The normalized spacial score (nSPS) is 19.3. The summed E-state index contributed by atoms with van der Waals surface area (Å²) in [5.74, 6) is 1.73. The molecule has 1 atom stereocenters. The molecule has 1 saturated heterocycles. The zero-order valence-electron chi connectivity index (χ0n) is 15.0. The van der Waals surface area contributed by atoms with E-state index in [0.717, 1.165) is 58.5 Å². The highest BCUT2D eigenvalue weighted by molar-refractivity contribution is 7.17. The van der Waals surface area contributed by atoms with Gasteiger partial charge in [0, 0.05) is 28.4 Å². The van der Waals surface area contributed by atoms with Gasteiger partial charge in [0.05, 0.1) is 24.8 Å². The van der Waals surface area contributed by atoms with Crippen LogP contribution in [-0.2, 0) is 0 Å². The van der Waals surface area contributed by atoms with E-state index in [-0.39, 0.29) is 11.9 Å². The maximum Gasteiger partial charge on any atom is 0.255 e. The van der Waals surface area contributed by atoms with Crippen molar-refractivity contribution in [3.8, 4) is 11.5 Å². The zero-order chi connectivity index (χ0) is 18.2. The number of benzene rings is 2. The van der Waals surface area contributed by atoms with Gasteiger partial charge in [-0.3, -0.25) is 4.79 Å². The molecule has 4 nitrogen and oxygen atoms in total. The Morgan fingerprint density at radius 1 is 1.04 bits per heavy atom. The van der Waals surface area contributed by atoms with E-state index < -0.39 is 0 Å². The smallest absolute Gasteiger partial charge is 0.255 e. The monoisotopic (exact) mass is 379 g/mol. The van der Waals surface area contributed by atoms with Crippen LogP contribution in [0.2, 0.25) is 0 Å². The van der Waals surface area contributed by atoms with Gasteiger partial charge < -0.3 is 14.4 Å². The van der Waals surface area contributed by atoms with Crippen LogP contribution in [0.3, 0.4) is 0 Å². The minimum atomic E-state index is 0.0910. The van der Waals surface area contributed by atoms with Gasteiger partial charge in [0.1, 0.15) is 0 Å². The van der Waals surface area contributed by atoms with Crippen LogP contribution >= 0.6 is 11.3 Å². The molecule has 0 aliphatic carbocycles. The van der Waals surface area contributed by atoms with E-state index in [1.54, 1.807) is 11.3 Å². The first-order valence-electron chi connectivity index (χ1n) is 9.48. The first-order valence-corrected chi connectivity index (χ1v) is 10.4. The summed E-state index contributed by atoms with van der Waals surface area (Å²) < 4.78 is 12.8. The molecule has 3 heterocycles. The topological polar surface area (TPSA) is 38.8 Å². The highest BCUT2D eigenvalue weighted by Crippen LogP contribution is 2.39. The third kappa shape index (κ3) is 2.96. The summed E-state index contributed by atoms with van der Waals surface area (Å²) in [6.45, 7) is 2.15. The number of nitrogens with zero attached hydrogens (tertiary/aromatic N) is 1.